The highest BCUT2D eigenvalue weighted by Gasteiger charge is 2.04. The van der Waals surface area contributed by atoms with Crippen molar-refractivity contribution in [2.45, 2.75) is 25.9 Å². The zero-order valence-electron chi connectivity index (χ0n) is 8.04. The summed E-state index contributed by atoms with van der Waals surface area (Å²) in [4.78, 5) is 0. The van der Waals surface area contributed by atoms with Gasteiger partial charge in [0, 0.05) is 6.42 Å². The first kappa shape index (κ1) is 9.83. The van der Waals surface area contributed by atoms with Crippen LogP contribution in [0.25, 0.3) is 0 Å². The molecule has 0 aliphatic heterocycles. The Labute approximate surface area is 79.4 Å². The van der Waals surface area contributed by atoms with E-state index in [0.29, 0.717) is 6.42 Å². The van der Waals surface area contributed by atoms with Gasteiger partial charge in [0.1, 0.15) is 5.60 Å². The van der Waals surface area contributed by atoms with E-state index < -0.39 is 5.60 Å². The maximum atomic E-state index is 9.32. The smallest absolute Gasteiger partial charge is 0.119 e. The molecule has 1 aromatic rings. The summed E-state index contributed by atoms with van der Waals surface area (Å²) in [6.45, 7) is 3.37. The molecule has 1 aromatic carbocycles. The van der Waals surface area contributed by atoms with Gasteiger partial charge in [-0.1, -0.05) is 42.2 Å². The molecule has 1 nitrogen and oxygen atoms in total. The molecule has 0 aliphatic carbocycles. The second-order valence-electron chi connectivity index (χ2n) is 3.52. The van der Waals surface area contributed by atoms with Crippen molar-refractivity contribution in [1.29, 1.82) is 0 Å². The van der Waals surface area contributed by atoms with Crippen molar-refractivity contribution in [2.75, 3.05) is 0 Å². The molecule has 1 N–H and O–H groups in total. The third-order valence-electron chi connectivity index (χ3n) is 1.53. The van der Waals surface area contributed by atoms with Gasteiger partial charge in [0.2, 0.25) is 0 Å². The van der Waals surface area contributed by atoms with Crippen LogP contribution in [-0.4, -0.2) is 10.7 Å². The van der Waals surface area contributed by atoms with E-state index in [-0.39, 0.29) is 0 Å². The Morgan fingerprint density at radius 3 is 2.38 bits per heavy atom. The Morgan fingerprint density at radius 2 is 1.85 bits per heavy atom. The van der Waals surface area contributed by atoms with Crippen LogP contribution in [0.2, 0.25) is 0 Å². The van der Waals surface area contributed by atoms with Gasteiger partial charge in [-0.05, 0) is 19.4 Å². The van der Waals surface area contributed by atoms with E-state index in [1.807, 2.05) is 30.3 Å². The summed E-state index contributed by atoms with van der Waals surface area (Å²) in [6, 6.07) is 10.0. The molecule has 0 bridgehead atoms. The lowest BCUT2D eigenvalue weighted by Gasteiger charge is -2.05. The molecule has 0 saturated heterocycles. The van der Waals surface area contributed by atoms with Crippen molar-refractivity contribution in [1.82, 2.24) is 0 Å². The van der Waals surface area contributed by atoms with Crippen molar-refractivity contribution in [3.8, 4) is 11.8 Å². The molecule has 0 heterocycles. The van der Waals surface area contributed by atoms with Gasteiger partial charge >= 0.3 is 0 Å². The molecule has 0 amide bonds. The Kier molecular flexibility index (Phi) is 3.11. The zero-order chi connectivity index (χ0) is 9.73. The monoisotopic (exact) mass is 174 g/mol. The normalized spacial score (nSPS) is 10.4. The van der Waals surface area contributed by atoms with E-state index in [9.17, 15) is 5.11 Å². The molecule has 1 heteroatoms. The SMILES string of the molecule is CC(C)(O)C#CCc1ccccc1. The van der Waals surface area contributed by atoms with Crippen LogP contribution in [0.5, 0.6) is 0 Å². The quantitative estimate of drug-likeness (QED) is 0.646. The fraction of sp³-hybridized carbons (Fsp3) is 0.333. The molecule has 1 rings (SSSR count). The van der Waals surface area contributed by atoms with Crippen molar-refractivity contribution < 1.29 is 5.11 Å². The van der Waals surface area contributed by atoms with E-state index in [0.717, 1.165) is 0 Å². The summed E-state index contributed by atoms with van der Waals surface area (Å²) in [5.41, 5.74) is 0.300. The molecular weight excluding hydrogens is 160 g/mol. The average molecular weight is 174 g/mol. The molecule has 0 unspecified atom stereocenters. The van der Waals surface area contributed by atoms with Crippen molar-refractivity contribution in [2.24, 2.45) is 0 Å². The van der Waals surface area contributed by atoms with Gasteiger partial charge in [-0.15, -0.1) is 0 Å². The zero-order valence-corrected chi connectivity index (χ0v) is 8.04. The molecule has 0 aliphatic rings. The summed E-state index contributed by atoms with van der Waals surface area (Å²) in [7, 11) is 0. The highest BCUT2D eigenvalue weighted by molar-refractivity contribution is 5.22. The van der Waals surface area contributed by atoms with E-state index in [2.05, 4.69) is 11.8 Å². The highest BCUT2D eigenvalue weighted by Crippen LogP contribution is 2.00. The number of aliphatic hydroxyl groups is 1. The second-order valence-corrected chi connectivity index (χ2v) is 3.52. The number of rotatable bonds is 1. The van der Waals surface area contributed by atoms with Gasteiger partial charge < -0.3 is 5.11 Å². The maximum Gasteiger partial charge on any atom is 0.119 e. The first-order valence-corrected chi connectivity index (χ1v) is 4.34. The topological polar surface area (TPSA) is 20.2 Å². The van der Waals surface area contributed by atoms with Crippen LogP contribution in [0, 0.1) is 11.8 Å². The summed E-state index contributed by atoms with van der Waals surface area (Å²) in [6.07, 6.45) is 0.699. The molecule has 0 aromatic heterocycles. The van der Waals surface area contributed by atoms with Crippen LogP contribution >= 0.6 is 0 Å². The number of benzene rings is 1. The van der Waals surface area contributed by atoms with E-state index in [1.165, 1.54) is 5.56 Å². The molecule has 0 saturated carbocycles. The van der Waals surface area contributed by atoms with Crippen molar-refractivity contribution in [3.63, 3.8) is 0 Å². The first-order valence-electron chi connectivity index (χ1n) is 4.34. The number of hydrogen-bond donors (Lipinski definition) is 1. The van der Waals surface area contributed by atoms with Gasteiger partial charge in [0.25, 0.3) is 0 Å². The van der Waals surface area contributed by atoms with Gasteiger partial charge in [0.05, 0.1) is 0 Å². The molecule has 0 spiro atoms. The summed E-state index contributed by atoms with van der Waals surface area (Å²) in [5, 5.41) is 9.32. The summed E-state index contributed by atoms with van der Waals surface area (Å²) < 4.78 is 0. The summed E-state index contributed by atoms with van der Waals surface area (Å²) in [5.74, 6) is 5.72. The van der Waals surface area contributed by atoms with E-state index in [4.69, 9.17) is 0 Å². The lowest BCUT2D eigenvalue weighted by atomic mass is 10.1. The number of hydrogen-bond acceptors (Lipinski definition) is 1. The molecule has 0 radical (unpaired) electrons. The van der Waals surface area contributed by atoms with Crippen molar-refractivity contribution >= 4 is 0 Å². The van der Waals surface area contributed by atoms with Crippen LogP contribution in [0.1, 0.15) is 19.4 Å². The fourth-order valence-electron chi connectivity index (χ4n) is 0.958. The maximum absolute atomic E-state index is 9.32. The molecule has 13 heavy (non-hydrogen) atoms. The minimum atomic E-state index is -0.880. The van der Waals surface area contributed by atoms with Gasteiger partial charge in [-0.3, -0.25) is 0 Å². The minimum absolute atomic E-state index is 0.699. The Bertz CT molecular complexity index is 308. The molecule has 0 atom stereocenters. The van der Waals surface area contributed by atoms with Crippen LogP contribution in [0.15, 0.2) is 30.3 Å². The molecular formula is C12H14O. The second kappa shape index (κ2) is 4.11. The van der Waals surface area contributed by atoms with E-state index >= 15 is 0 Å². The largest absolute Gasteiger partial charge is 0.378 e. The minimum Gasteiger partial charge on any atom is -0.378 e. The highest BCUT2D eigenvalue weighted by atomic mass is 16.3. The summed E-state index contributed by atoms with van der Waals surface area (Å²) >= 11 is 0. The van der Waals surface area contributed by atoms with Gasteiger partial charge in [0.15, 0.2) is 0 Å². The van der Waals surface area contributed by atoms with Crippen LogP contribution in [0.4, 0.5) is 0 Å². The first-order chi connectivity index (χ1) is 6.08. The van der Waals surface area contributed by atoms with Crippen LogP contribution < -0.4 is 0 Å². The standard InChI is InChI=1S/C12H14O/c1-12(2,13)10-6-9-11-7-4-3-5-8-11/h3-5,7-8,13H,9H2,1-2H3. The third-order valence-corrected chi connectivity index (χ3v) is 1.53. The fourth-order valence-corrected chi connectivity index (χ4v) is 0.958. The van der Waals surface area contributed by atoms with E-state index in [1.54, 1.807) is 13.8 Å². The predicted octanol–water partition coefficient (Wildman–Crippen LogP) is 2.00. The molecule has 68 valence electrons. The Balaban J connectivity index is 2.56. The Morgan fingerprint density at radius 1 is 1.23 bits per heavy atom. The van der Waals surface area contributed by atoms with Crippen LogP contribution in [-0.2, 0) is 6.42 Å². The lowest BCUT2D eigenvalue weighted by Crippen LogP contribution is -2.14. The molecule has 0 fully saturated rings. The third kappa shape index (κ3) is 4.35. The average Bonchev–Trinajstić information content (AvgIpc) is 2.04. The predicted molar refractivity (Wildman–Crippen MR) is 54.2 cm³/mol. The lowest BCUT2D eigenvalue weighted by molar-refractivity contribution is 0.143. The van der Waals surface area contributed by atoms with Gasteiger partial charge in [-0.2, -0.15) is 0 Å². The van der Waals surface area contributed by atoms with Gasteiger partial charge in [-0.25, -0.2) is 0 Å². The van der Waals surface area contributed by atoms with Crippen molar-refractivity contribution in [3.05, 3.63) is 35.9 Å². The Hall–Kier alpha value is -1.26. The van der Waals surface area contributed by atoms with Crippen LogP contribution in [0.3, 0.4) is 0 Å².